The first-order chi connectivity index (χ1) is 8.96. The summed E-state index contributed by atoms with van der Waals surface area (Å²) in [4.78, 5) is 34.6. The van der Waals surface area contributed by atoms with Crippen LogP contribution in [-0.4, -0.2) is 38.4 Å². The smallest absolute Gasteiger partial charge is 0.222 e. The lowest BCUT2D eigenvalue weighted by Gasteiger charge is -2.22. The molecule has 0 spiro atoms. The van der Waals surface area contributed by atoms with Crippen LogP contribution in [0.2, 0.25) is 0 Å². The maximum Gasteiger partial charge on any atom is 0.222 e. The van der Waals surface area contributed by atoms with Gasteiger partial charge in [-0.25, -0.2) is 0 Å². The van der Waals surface area contributed by atoms with Gasteiger partial charge in [-0.15, -0.1) is 0 Å². The van der Waals surface area contributed by atoms with Gasteiger partial charge in [0, 0.05) is 39.4 Å². The molecule has 0 rings (SSSR count). The highest BCUT2D eigenvalue weighted by Crippen LogP contribution is 2.21. The fraction of sp³-hybridized carbons (Fsp3) is 0.769. The molecule has 2 atom stereocenters. The Kier molecular flexibility index (Phi) is 8.57. The summed E-state index contributed by atoms with van der Waals surface area (Å²) in [6.07, 6.45) is 1.10. The highest BCUT2D eigenvalue weighted by atomic mass is 16.2. The molecule has 0 fully saturated rings. The van der Waals surface area contributed by atoms with E-state index in [9.17, 15) is 14.4 Å². The molecule has 6 nitrogen and oxygen atoms in total. The number of hydrogen-bond donors (Lipinski definition) is 3. The Balaban J connectivity index is 4.58. The molecule has 110 valence electrons. The van der Waals surface area contributed by atoms with Crippen molar-refractivity contribution in [2.24, 2.45) is 11.8 Å². The molecule has 0 aromatic rings. The molecule has 0 saturated heterocycles. The lowest BCUT2D eigenvalue weighted by atomic mass is 9.86. The van der Waals surface area contributed by atoms with E-state index in [2.05, 4.69) is 16.0 Å². The van der Waals surface area contributed by atoms with Crippen molar-refractivity contribution in [2.45, 2.75) is 33.1 Å². The summed E-state index contributed by atoms with van der Waals surface area (Å²) in [5.41, 5.74) is 0. The molecule has 0 saturated carbocycles. The molecule has 0 aromatic heterocycles. The van der Waals surface area contributed by atoms with Gasteiger partial charge in [-0.2, -0.15) is 0 Å². The Morgan fingerprint density at radius 2 is 1.68 bits per heavy atom. The molecule has 3 amide bonds. The van der Waals surface area contributed by atoms with Crippen LogP contribution in [-0.2, 0) is 14.4 Å². The molecule has 0 aliphatic carbocycles. The summed E-state index contributed by atoms with van der Waals surface area (Å²) in [6.45, 7) is 4.20. The van der Waals surface area contributed by atoms with Gasteiger partial charge in [-0.1, -0.05) is 6.92 Å². The monoisotopic (exact) mass is 271 g/mol. The summed E-state index contributed by atoms with van der Waals surface area (Å²) < 4.78 is 0. The van der Waals surface area contributed by atoms with Crippen LogP contribution in [0.15, 0.2) is 0 Å². The zero-order valence-corrected chi connectivity index (χ0v) is 12.2. The van der Waals surface area contributed by atoms with Crippen molar-refractivity contribution in [3.05, 3.63) is 0 Å². The molecule has 6 heteroatoms. The van der Waals surface area contributed by atoms with Crippen LogP contribution in [0.5, 0.6) is 0 Å². The molecule has 0 bridgehead atoms. The quantitative estimate of drug-likeness (QED) is 0.582. The first kappa shape index (κ1) is 17.4. The van der Waals surface area contributed by atoms with Gasteiger partial charge in [-0.3, -0.25) is 14.4 Å². The summed E-state index contributed by atoms with van der Waals surface area (Å²) in [5, 5.41) is 7.84. The van der Waals surface area contributed by atoms with Gasteiger partial charge >= 0.3 is 0 Å². The lowest BCUT2D eigenvalue weighted by molar-refractivity contribution is -0.128. The van der Waals surface area contributed by atoms with E-state index in [1.54, 1.807) is 21.0 Å². The summed E-state index contributed by atoms with van der Waals surface area (Å²) in [5.74, 6) is -0.697. The molecule has 3 N–H and O–H groups in total. The highest BCUT2D eigenvalue weighted by molar-refractivity contribution is 5.81. The van der Waals surface area contributed by atoms with Crippen molar-refractivity contribution in [3.8, 4) is 0 Å². The van der Waals surface area contributed by atoms with Gasteiger partial charge in [0.05, 0.1) is 0 Å². The molecule has 0 aliphatic rings. The third-order valence-corrected chi connectivity index (χ3v) is 3.21. The van der Waals surface area contributed by atoms with Crippen LogP contribution in [0.1, 0.15) is 33.1 Å². The van der Waals surface area contributed by atoms with Crippen LogP contribution in [0.4, 0.5) is 0 Å². The van der Waals surface area contributed by atoms with Crippen molar-refractivity contribution < 1.29 is 14.4 Å². The Morgan fingerprint density at radius 3 is 2.16 bits per heavy atom. The number of nitrogens with one attached hydrogen (secondary N) is 3. The van der Waals surface area contributed by atoms with E-state index in [1.807, 2.05) is 6.92 Å². The first-order valence-corrected chi connectivity index (χ1v) is 6.65. The standard InChI is InChI=1S/C13H25N3O3/c1-5-16-12(18)8-10(6-7-11(17)14-3)9(2)13(19)15-4/h9-10H,5-8H2,1-4H3,(H,14,17)(H,15,19)(H,16,18). The van der Waals surface area contributed by atoms with E-state index < -0.39 is 0 Å². The largest absolute Gasteiger partial charge is 0.359 e. The van der Waals surface area contributed by atoms with Crippen molar-refractivity contribution in [2.75, 3.05) is 20.6 Å². The number of carbonyl (C=O) groups is 3. The van der Waals surface area contributed by atoms with Crippen LogP contribution >= 0.6 is 0 Å². The molecule has 0 aromatic carbocycles. The summed E-state index contributed by atoms with van der Waals surface area (Å²) >= 11 is 0. The Bertz CT molecular complexity index is 318. The summed E-state index contributed by atoms with van der Waals surface area (Å²) in [6, 6.07) is 0. The van der Waals surface area contributed by atoms with E-state index in [0.717, 1.165) is 0 Å². The third kappa shape index (κ3) is 6.79. The van der Waals surface area contributed by atoms with Gasteiger partial charge < -0.3 is 16.0 Å². The fourth-order valence-electron chi connectivity index (χ4n) is 1.92. The Hall–Kier alpha value is -1.59. The van der Waals surface area contributed by atoms with Crippen molar-refractivity contribution in [3.63, 3.8) is 0 Å². The minimum atomic E-state index is -0.294. The third-order valence-electron chi connectivity index (χ3n) is 3.21. The maximum absolute atomic E-state index is 11.7. The SMILES string of the molecule is CCNC(=O)CC(CCC(=O)NC)C(C)C(=O)NC. The zero-order valence-electron chi connectivity index (χ0n) is 12.2. The van der Waals surface area contributed by atoms with Crippen LogP contribution in [0.25, 0.3) is 0 Å². The van der Waals surface area contributed by atoms with Gasteiger partial charge in [0.2, 0.25) is 17.7 Å². The Labute approximate surface area is 114 Å². The van der Waals surface area contributed by atoms with Crippen molar-refractivity contribution in [1.82, 2.24) is 16.0 Å². The average Bonchev–Trinajstić information content (AvgIpc) is 2.41. The normalized spacial score (nSPS) is 13.3. The number of hydrogen-bond acceptors (Lipinski definition) is 3. The molecule has 0 heterocycles. The number of rotatable bonds is 8. The van der Waals surface area contributed by atoms with E-state index in [-0.39, 0.29) is 36.0 Å². The highest BCUT2D eigenvalue weighted by Gasteiger charge is 2.25. The zero-order chi connectivity index (χ0) is 14.8. The van der Waals surface area contributed by atoms with Crippen LogP contribution in [0, 0.1) is 11.8 Å². The molecule has 0 radical (unpaired) electrons. The van der Waals surface area contributed by atoms with Crippen LogP contribution < -0.4 is 16.0 Å². The second-order valence-corrected chi connectivity index (χ2v) is 4.53. The first-order valence-electron chi connectivity index (χ1n) is 6.65. The predicted octanol–water partition coefficient (Wildman–Crippen LogP) is 0.0371. The fourth-order valence-corrected chi connectivity index (χ4v) is 1.92. The van der Waals surface area contributed by atoms with Gasteiger partial charge in [0.15, 0.2) is 0 Å². The minimum absolute atomic E-state index is 0.0787. The maximum atomic E-state index is 11.7. The number of carbonyl (C=O) groups excluding carboxylic acids is 3. The second-order valence-electron chi connectivity index (χ2n) is 4.53. The van der Waals surface area contributed by atoms with E-state index in [4.69, 9.17) is 0 Å². The number of amides is 3. The molecule has 0 aliphatic heterocycles. The van der Waals surface area contributed by atoms with Crippen LogP contribution in [0.3, 0.4) is 0 Å². The minimum Gasteiger partial charge on any atom is -0.359 e. The van der Waals surface area contributed by atoms with Gasteiger partial charge in [0.1, 0.15) is 0 Å². The lowest BCUT2D eigenvalue weighted by Crippen LogP contribution is -2.35. The van der Waals surface area contributed by atoms with E-state index >= 15 is 0 Å². The Morgan fingerprint density at radius 1 is 1.05 bits per heavy atom. The molecular weight excluding hydrogens is 246 g/mol. The van der Waals surface area contributed by atoms with Gasteiger partial charge in [0.25, 0.3) is 0 Å². The predicted molar refractivity (Wildman–Crippen MR) is 73.3 cm³/mol. The van der Waals surface area contributed by atoms with E-state index in [1.165, 1.54) is 0 Å². The molecule has 2 unspecified atom stereocenters. The molecular formula is C13H25N3O3. The van der Waals surface area contributed by atoms with Crippen molar-refractivity contribution >= 4 is 17.7 Å². The average molecular weight is 271 g/mol. The molecule has 19 heavy (non-hydrogen) atoms. The topological polar surface area (TPSA) is 87.3 Å². The second kappa shape index (κ2) is 9.35. The summed E-state index contributed by atoms with van der Waals surface area (Å²) in [7, 11) is 3.14. The van der Waals surface area contributed by atoms with Gasteiger partial charge in [-0.05, 0) is 19.3 Å². The van der Waals surface area contributed by atoms with Crippen molar-refractivity contribution in [1.29, 1.82) is 0 Å². The van der Waals surface area contributed by atoms with E-state index in [0.29, 0.717) is 19.4 Å².